The van der Waals surface area contributed by atoms with Crippen molar-refractivity contribution >= 4 is 32.0 Å². The quantitative estimate of drug-likeness (QED) is 0.334. The van der Waals surface area contributed by atoms with Gasteiger partial charge in [-0.05, 0) is 42.7 Å². The fraction of sp³-hybridized carbons (Fsp3) is 0.348. The Morgan fingerprint density at radius 1 is 1.09 bits per heavy atom. The topological polar surface area (TPSA) is 112 Å². The van der Waals surface area contributed by atoms with Crippen LogP contribution in [0, 0.1) is 10.1 Å². The number of nitrogens with zero attached hydrogens (tertiary/aromatic N) is 3. The molecule has 1 fully saturated rings. The third kappa shape index (κ3) is 5.15. The molecule has 4 rings (SSSR count). The molecule has 3 aromatic rings. The Kier molecular flexibility index (Phi) is 7.03. The minimum Gasteiger partial charge on any atom is -0.497 e. The summed E-state index contributed by atoms with van der Waals surface area (Å²) in [5.74, 6) is 1.45. The number of hydrogen-bond donors (Lipinski definition) is 0. The molecule has 11 heteroatoms. The van der Waals surface area contributed by atoms with E-state index >= 15 is 0 Å². The third-order valence-corrected chi connectivity index (χ3v) is 9.09. The number of hydrogen-bond acceptors (Lipinski definition) is 9. The maximum absolute atomic E-state index is 13.0. The van der Waals surface area contributed by atoms with E-state index < -0.39 is 20.0 Å². The molecule has 0 radical (unpaired) electrons. The standard InChI is InChI=1S/C23H25N3O6S2/c1-31-19-12-16(13-20(14-19)32-2)11-17-15-33-23(24-17)25-9-7-22(8-10-25)34(29,30)21-5-3-18(4-6-21)26(27)28/h3-6,12-15,22H,7-11H2,1-2H3. The summed E-state index contributed by atoms with van der Waals surface area (Å²) in [5, 5.41) is 13.2. The van der Waals surface area contributed by atoms with E-state index in [2.05, 4.69) is 4.90 Å². The summed E-state index contributed by atoms with van der Waals surface area (Å²) in [4.78, 5) is 17.3. The summed E-state index contributed by atoms with van der Waals surface area (Å²) < 4.78 is 36.7. The molecule has 0 saturated carbocycles. The van der Waals surface area contributed by atoms with Gasteiger partial charge in [-0.1, -0.05) is 0 Å². The number of benzene rings is 2. The Balaban J connectivity index is 1.40. The number of rotatable bonds is 8. The monoisotopic (exact) mass is 503 g/mol. The van der Waals surface area contributed by atoms with Gasteiger partial charge in [-0.2, -0.15) is 0 Å². The summed E-state index contributed by atoms with van der Waals surface area (Å²) in [5.41, 5.74) is 1.83. The highest BCUT2D eigenvalue weighted by Gasteiger charge is 2.32. The lowest BCUT2D eigenvalue weighted by Gasteiger charge is -2.31. The molecule has 0 unspecified atom stereocenters. The van der Waals surface area contributed by atoms with Crippen LogP contribution < -0.4 is 14.4 Å². The lowest BCUT2D eigenvalue weighted by atomic mass is 10.1. The van der Waals surface area contributed by atoms with Gasteiger partial charge in [0.15, 0.2) is 15.0 Å². The molecule has 1 aliphatic heterocycles. The van der Waals surface area contributed by atoms with Crippen molar-refractivity contribution < 1.29 is 22.8 Å². The van der Waals surface area contributed by atoms with Crippen molar-refractivity contribution in [2.24, 2.45) is 0 Å². The summed E-state index contributed by atoms with van der Waals surface area (Å²) >= 11 is 1.54. The number of aromatic nitrogens is 1. The third-order valence-electron chi connectivity index (χ3n) is 5.86. The molecule has 1 aliphatic rings. The lowest BCUT2D eigenvalue weighted by Crippen LogP contribution is -2.39. The zero-order valence-electron chi connectivity index (χ0n) is 18.8. The molecule has 0 spiro atoms. The van der Waals surface area contributed by atoms with Crippen molar-refractivity contribution in [3.8, 4) is 11.5 Å². The molecule has 1 aromatic heterocycles. The largest absolute Gasteiger partial charge is 0.497 e. The van der Waals surface area contributed by atoms with Crippen LogP contribution in [-0.4, -0.2) is 50.9 Å². The molecule has 1 saturated heterocycles. The van der Waals surface area contributed by atoms with Crippen LogP contribution in [0.3, 0.4) is 0 Å². The van der Waals surface area contributed by atoms with E-state index in [0.717, 1.165) is 27.9 Å². The predicted molar refractivity (Wildman–Crippen MR) is 130 cm³/mol. The van der Waals surface area contributed by atoms with Crippen LogP contribution in [0.15, 0.2) is 52.7 Å². The van der Waals surface area contributed by atoms with Gasteiger partial charge in [0.2, 0.25) is 0 Å². The van der Waals surface area contributed by atoms with Crippen molar-refractivity contribution in [3.63, 3.8) is 0 Å². The highest BCUT2D eigenvalue weighted by Crippen LogP contribution is 2.31. The minimum atomic E-state index is -3.55. The Hall–Kier alpha value is -3.18. The van der Waals surface area contributed by atoms with Crippen LogP contribution in [0.5, 0.6) is 11.5 Å². The Morgan fingerprint density at radius 3 is 2.26 bits per heavy atom. The fourth-order valence-electron chi connectivity index (χ4n) is 4.01. The van der Waals surface area contributed by atoms with Gasteiger partial charge in [0.05, 0.1) is 35.0 Å². The number of nitro groups is 1. The van der Waals surface area contributed by atoms with Gasteiger partial charge in [-0.25, -0.2) is 13.4 Å². The number of thiazole rings is 1. The first kappa shape index (κ1) is 24.0. The number of sulfone groups is 1. The van der Waals surface area contributed by atoms with Gasteiger partial charge in [0.25, 0.3) is 5.69 Å². The number of anilines is 1. The molecular formula is C23H25N3O6S2. The van der Waals surface area contributed by atoms with Gasteiger partial charge < -0.3 is 14.4 Å². The summed E-state index contributed by atoms with van der Waals surface area (Å²) in [6.45, 7) is 1.16. The lowest BCUT2D eigenvalue weighted by molar-refractivity contribution is -0.384. The van der Waals surface area contributed by atoms with Crippen molar-refractivity contribution in [2.75, 3.05) is 32.2 Å². The van der Waals surface area contributed by atoms with Gasteiger partial charge in [0, 0.05) is 43.1 Å². The molecule has 0 aliphatic carbocycles. The zero-order chi connectivity index (χ0) is 24.3. The van der Waals surface area contributed by atoms with Crippen molar-refractivity contribution in [1.29, 1.82) is 0 Å². The van der Waals surface area contributed by atoms with E-state index in [1.165, 1.54) is 24.3 Å². The molecular weight excluding hydrogens is 478 g/mol. The first-order chi connectivity index (χ1) is 16.3. The predicted octanol–water partition coefficient (Wildman–Crippen LogP) is 4.10. The van der Waals surface area contributed by atoms with Crippen molar-refractivity contribution in [2.45, 2.75) is 29.4 Å². The van der Waals surface area contributed by atoms with Crippen LogP contribution in [0.1, 0.15) is 24.1 Å². The average Bonchev–Trinajstić information content (AvgIpc) is 3.32. The second-order valence-corrected chi connectivity index (χ2v) is 11.1. The molecule has 0 bridgehead atoms. The first-order valence-electron chi connectivity index (χ1n) is 10.7. The van der Waals surface area contributed by atoms with Crippen LogP contribution in [0.2, 0.25) is 0 Å². The number of non-ortho nitro benzene ring substituents is 1. The van der Waals surface area contributed by atoms with Gasteiger partial charge in [0.1, 0.15) is 11.5 Å². The normalized spacial score (nSPS) is 14.7. The van der Waals surface area contributed by atoms with Crippen LogP contribution in [0.4, 0.5) is 10.8 Å². The maximum atomic E-state index is 13.0. The smallest absolute Gasteiger partial charge is 0.269 e. The molecule has 2 heterocycles. The zero-order valence-corrected chi connectivity index (χ0v) is 20.5. The van der Waals surface area contributed by atoms with Gasteiger partial charge in [-0.15, -0.1) is 11.3 Å². The highest BCUT2D eigenvalue weighted by atomic mass is 32.2. The van der Waals surface area contributed by atoms with E-state index in [4.69, 9.17) is 14.5 Å². The number of methoxy groups -OCH3 is 2. The van der Waals surface area contributed by atoms with Crippen LogP contribution in [0.25, 0.3) is 0 Å². The summed E-state index contributed by atoms with van der Waals surface area (Å²) in [6.07, 6.45) is 1.58. The SMILES string of the molecule is COc1cc(Cc2csc(N3CCC(S(=O)(=O)c4ccc([N+](=O)[O-])cc4)CC3)n2)cc(OC)c1. The second kappa shape index (κ2) is 9.98. The van der Waals surface area contributed by atoms with Crippen molar-refractivity contribution in [1.82, 2.24) is 4.98 Å². The Morgan fingerprint density at radius 2 is 1.71 bits per heavy atom. The van der Waals surface area contributed by atoms with Crippen molar-refractivity contribution in [3.05, 3.63) is 69.2 Å². The summed E-state index contributed by atoms with van der Waals surface area (Å²) in [6, 6.07) is 10.8. The second-order valence-electron chi connectivity index (χ2n) is 8.00. The Labute approximate surface area is 202 Å². The maximum Gasteiger partial charge on any atom is 0.269 e. The summed E-state index contributed by atoms with van der Waals surface area (Å²) in [7, 11) is -0.317. The molecule has 0 N–H and O–H groups in total. The van der Waals surface area contributed by atoms with E-state index in [-0.39, 0.29) is 10.6 Å². The van der Waals surface area contributed by atoms with Gasteiger partial charge in [-0.3, -0.25) is 10.1 Å². The van der Waals surface area contributed by atoms with E-state index in [9.17, 15) is 18.5 Å². The fourth-order valence-corrected chi connectivity index (χ4v) is 6.62. The molecule has 9 nitrogen and oxygen atoms in total. The Bertz CT molecular complexity index is 1240. The molecule has 0 atom stereocenters. The first-order valence-corrected chi connectivity index (χ1v) is 13.1. The van der Waals surface area contributed by atoms with E-state index in [0.29, 0.717) is 32.4 Å². The minimum absolute atomic E-state index is 0.124. The van der Waals surface area contributed by atoms with Crippen LogP contribution in [-0.2, 0) is 16.3 Å². The number of nitro benzene ring substituents is 1. The van der Waals surface area contributed by atoms with E-state index in [1.54, 1.807) is 25.6 Å². The number of ether oxygens (including phenoxy) is 2. The molecule has 0 amide bonds. The average molecular weight is 504 g/mol. The highest BCUT2D eigenvalue weighted by molar-refractivity contribution is 7.92. The van der Waals surface area contributed by atoms with Crippen LogP contribution >= 0.6 is 11.3 Å². The molecule has 180 valence electrons. The van der Waals surface area contributed by atoms with E-state index in [1.807, 2.05) is 23.6 Å². The molecule has 34 heavy (non-hydrogen) atoms. The van der Waals surface area contributed by atoms with Gasteiger partial charge >= 0.3 is 0 Å². The number of piperidine rings is 1. The molecule has 2 aromatic carbocycles.